The van der Waals surface area contributed by atoms with Gasteiger partial charge in [-0.05, 0) is 24.6 Å². The van der Waals surface area contributed by atoms with Gasteiger partial charge in [0.15, 0.2) is 0 Å². The summed E-state index contributed by atoms with van der Waals surface area (Å²) >= 11 is 0. The van der Waals surface area contributed by atoms with Gasteiger partial charge in [-0.1, -0.05) is 6.07 Å². The maximum atomic E-state index is 12.9. The number of likely N-dealkylation sites (tertiary alicyclic amines) is 1. The fourth-order valence-electron chi connectivity index (χ4n) is 1.77. The van der Waals surface area contributed by atoms with Crippen LogP contribution in [0.5, 0.6) is 0 Å². The lowest BCUT2D eigenvalue weighted by molar-refractivity contribution is 0.259. The van der Waals surface area contributed by atoms with E-state index in [0.29, 0.717) is 5.69 Å². The average molecular weight is 253 g/mol. The highest BCUT2D eigenvalue weighted by atomic mass is 19.1. The molecule has 1 aromatic carbocycles. The molecule has 0 saturated carbocycles. The zero-order valence-electron chi connectivity index (χ0n) is 10.1. The Kier molecular flexibility index (Phi) is 4.79. The Morgan fingerprint density at radius 3 is 2.89 bits per heavy atom. The van der Waals surface area contributed by atoms with Crippen LogP contribution in [0.2, 0.25) is 0 Å². The second-order valence-corrected chi connectivity index (χ2v) is 3.99. The van der Waals surface area contributed by atoms with Crippen LogP contribution in [0, 0.1) is 5.82 Å². The van der Waals surface area contributed by atoms with Crippen LogP contribution < -0.4 is 5.32 Å². The summed E-state index contributed by atoms with van der Waals surface area (Å²) in [6.07, 6.45) is 1.83. The minimum atomic E-state index is -0.459. The Hall–Kier alpha value is -1.95. The maximum Gasteiger partial charge on any atom is 0.347 e. The highest BCUT2D eigenvalue weighted by molar-refractivity contribution is 6.00. The number of hydrogen-bond acceptors (Lipinski definition) is 1. The van der Waals surface area contributed by atoms with E-state index in [1.807, 2.05) is 11.9 Å². The molecule has 6 heteroatoms. The number of carbonyl (C=O) groups is 1. The maximum absolute atomic E-state index is 12.9. The number of amidine groups is 1. The Morgan fingerprint density at radius 2 is 2.28 bits per heavy atom. The molecule has 1 heterocycles. The van der Waals surface area contributed by atoms with Crippen molar-refractivity contribution in [1.29, 1.82) is 0 Å². The molecule has 0 spiro atoms. The van der Waals surface area contributed by atoms with Crippen molar-refractivity contribution < 1.29 is 14.7 Å². The number of urea groups is 1. The van der Waals surface area contributed by atoms with Gasteiger partial charge in [-0.15, -0.1) is 0 Å². The second-order valence-electron chi connectivity index (χ2n) is 3.99. The summed E-state index contributed by atoms with van der Waals surface area (Å²) in [4.78, 5) is 17.5. The normalized spacial score (nSPS) is 16.6. The SMILES string of the molecule is CN1CCCC1=NC(=O)Nc1cccc(F)c1.O. The number of rotatable bonds is 1. The Balaban J connectivity index is 0.00000162. The van der Waals surface area contributed by atoms with E-state index in [0.717, 1.165) is 25.2 Å². The van der Waals surface area contributed by atoms with Crippen LogP contribution in [-0.4, -0.2) is 35.8 Å². The van der Waals surface area contributed by atoms with Gasteiger partial charge in [0.1, 0.15) is 11.7 Å². The molecule has 1 aromatic rings. The molecule has 18 heavy (non-hydrogen) atoms. The van der Waals surface area contributed by atoms with Gasteiger partial charge < -0.3 is 15.7 Å². The second kappa shape index (κ2) is 6.11. The zero-order chi connectivity index (χ0) is 12.3. The molecule has 0 bridgehead atoms. The molecule has 0 atom stereocenters. The van der Waals surface area contributed by atoms with Gasteiger partial charge in [-0.25, -0.2) is 9.18 Å². The summed E-state index contributed by atoms with van der Waals surface area (Å²) < 4.78 is 12.9. The van der Waals surface area contributed by atoms with Crippen LogP contribution >= 0.6 is 0 Å². The van der Waals surface area contributed by atoms with Crippen LogP contribution in [-0.2, 0) is 0 Å². The van der Waals surface area contributed by atoms with E-state index in [1.165, 1.54) is 12.1 Å². The van der Waals surface area contributed by atoms with Crippen molar-refractivity contribution in [2.24, 2.45) is 4.99 Å². The van der Waals surface area contributed by atoms with Crippen molar-refractivity contribution in [3.8, 4) is 0 Å². The quantitative estimate of drug-likeness (QED) is 0.826. The number of benzene rings is 1. The van der Waals surface area contributed by atoms with E-state index < -0.39 is 6.03 Å². The lowest BCUT2D eigenvalue weighted by atomic mass is 10.3. The van der Waals surface area contributed by atoms with Crippen molar-refractivity contribution in [1.82, 2.24) is 4.90 Å². The number of carbonyl (C=O) groups excluding carboxylic acids is 1. The molecular formula is C12H16FN3O2. The first-order valence-electron chi connectivity index (χ1n) is 5.50. The first kappa shape index (κ1) is 14.1. The van der Waals surface area contributed by atoms with Crippen LogP contribution in [0.3, 0.4) is 0 Å². The monoisotopic (exact) mass is 253 g/mol. The summed E-state index contributed by atoms with van der Waals surface area (Å²) in [7, 11) is 1.90. The van der Waals surface area contributed by atoms with E-state index in [1.54, 1.807) is 12.1 Å². The molecule has 98 valence electrons. The van der Waals surface area contributed by atoms with E-state index in [-0.39, 0.29) is 11.3 Å². The molecule has 5 nitrogen and oxygen atoms in total. The van der Waals surface area contributed by atoms with Crippen LogP contribution in [0.4, 0.5) is 14.9 Å². The third-order valence-corrected chi connectivity index (χ3v) is 2.64. The minimum Gasteiger partial charge on any atom is -0.412 e. The fourth-order valence-corrected chi connectivity index (χ4v) is 1.77. The summed E-state index contributed by atoms with van der Waals surface area (Å²) in [5.74, 6) is 0.396. The lowest BCUT2D eigenvalue weighted by Crippen LogP contribution is -2.21. The van der Waals surface area contributed by atoms with E-state index in [2.05, 4.69) is 10.3 Å². The van der Waals surface area contributed by atoms with Crippen LogP contribution in [0.25, 0.3) is 0 Å². The highest BCUT2D eigenvalue weighted by Crippen LogP contribution is 2.11. The molecule has 1 aliphatic rings. The minimum absolute atomic E-state index is 0. The van der Waals surface area contributed by atoms with E-state index in [9.17, 15) is 9.18 Å². The molecule has 0 aromatic heterocycles. The van der Waals surface area contributed by atoms with Gasteiger partial charge in [0.2, 0.25) is 0 Å². The number of halogens is 1. The van der Waals surface area contributed by atoms with Gasteiger partial charge >= 0.3 is 6.03 Å². The number of nitrogens with zero attached hydrogens (tertiary/aromatic N) is 2. The number of amides is 2. The topological polar surface area (TPSA) is 76.2 Å². The summed E-state index contributed by atoms with van der Waals surface area (Å²) in [6.45, 7) is 0.923. The first-order chi connectivity index (χ1) is 8.15. The smallest absolute Gasteiger partial charge is 0.347 e. The van der Waals surface area contributed by atoms with Gasteiger partial charge in [0, 0.05) is 25.7 Å². The average Bonchev–Trinajstić information content (AvgIpc) is 2.64. The Labute approximate surface area is 105 Å². The molecule has 1 saturated heterocycles. The molecule has 1 aliphatic heterocycles. The van der Waals surface area contributed by atoms with Gasteiger partial charge in [-0.2, -0.15) is 4.99 Å². The zero-order valence-corrected chi connectivity index (χ0v) is 10.1. The van der Waals surface area contributed by atoms with Crippen molar-refractivity contribution in [3.63, 3.8) is 0 Å². The third kappa shape index (κ3) is 3.53. The molecule has 1 fully saturated rings. The van der Waals surface area contributed by atoms with E-state index >= 15 is 0 Å². The van der Waals surface area contributed by atoms with E-state index in [4.69, 9.17) is 0 Å². The fraction of sp³-hybridized carbons (Fsp3) is 0.333. The highest BCUT2D eigenvalue weighted by Gasteiger charge is 2.15. The summed E-state index contributed by atoms with van der Waals surface area (Å²) in [5, 5.41) is 2.54. The Bertz CT molecular complexity index is 462. The molecule has 3 N–H and O–H groups in total. The third-order valence-electron chi connectivity index (χ3n) is 2.64. The van der Waals surface area contributed by atoms with Crippen molar-refractivity contribution in [2.75, 3.05) is 18.9 Å². The van der Waals surface area contributed by atoms with Gasteiger partial charge in [0.05, 0.1) is 0 Å². The largest absolute Gasteiger partial charge is 0.412 e. The summed E-state index contributed by atoms with van der Waals surface area (Å²) in [6, 6.07) is 5.29. The number of aliphatic imine (C=N–C) groups is 1. The van der Waals surface area contributed by atoms with Crippen molar-refractivity contribution in [2.45, 2.75) is 12.8 Å². The molecule has 2 rings (SSSR count). The number of anilines is 1. The summed E-state index contributed by atoms with van der Waals surface area (Å²) in [5.41, 5.74) is 0.417. The molecule has 2 amide bonds. The molecular weight excluding hydrogens is 237 g/mol. The molecule has 0 unspecified atom stereocenters. The number of nitrogens with one attached hydrogen (secondary N) is 1. The van der Waals surface area contributed by atoms with Gasteiger partial charge in [-0.3, -0.25) is 0 Å². The molecule has 0 aliphatic carbocycles. The Morgan fingerprint density at radius 1 is 1.50 bits per heavy atom. The van der Waals surface area contributed by atoms with Crippen LogP contribution in [0.15, 0.2) is 29.3 Å². The predicted octanol–water partition coefficient (Wildman–Crippen LogP) is 1.66. The predicted molar refractivity (Wildman–Crippen MR) is 68.3 cm³/mol. The van der Waals surface area contributed by atoms with Crippen molar-refractivity contribution in [3.05, 3.63) is 30.1 Å². The first-order valence-corrected chi connectivity index (χ1v) is 5.50. The van der Waals surface area contributed by atoms with Crippen LogP contribution in [0.1, 0.15) is 12.8 Å². The van der Waals surface area contributed by atoms with Gasteiger partial charge in [0.25, 0.3) is 0 Å². The van der Waals surface area contributed by atoms with Crippen molar-refractivity contribution >= 4 is 17.6 Å². The lowest BCUT2D eigenvalue weighted by Gasteiger charge is -2.10. The number of hydrogen-bond donors (Lipinski definition) is 1. The standard InChI is InChI=1S/C12H14FN3O.H2O/c1-16-7-3-6-11(16)15-12(17)14-10-5-2-4-9(13)8-10;/h2,4-5,8H,3,6-7H2,1H3,(H,14,17);1H2. The molecule has 0 radical (unpaired) electrons.